The Morgan fingerprint density at radius 2 is 2.09 bits per heavy atom. The first kappa shape index (κ1) is 19.4. The van der Waals surface area contributed by atoms with Gasteiger partial charge in [-0.25, -0.2) is 0 Å². The van der Waals surface area contributed by atoms with Crippen molar-refractivity contribution >= 4 is 11.9 Å². The minimum Gasteiger partial charge on any atom is -0.466 e. The first-order valence-corrected chi connectivity index (χ1v) is 8.39. The summed E-state index contributed by atoms with van der Waals surface area (Å²) in [7, 11) is 0. The predicted molar refractivity (Wildman–Crippen MR) is 87.4 cm³/mol. The highest BCUT2D eigenvalue weighted by Gasteiger charge is 2.35. The fourth-order valence-electron chi connectivity index (χ4n) is 2.64. The van der Waals surface area contributed by atoms with Gasteiger partial charge in [-0.1, -0.05) is 13.8 Å². The Labute approximate surface area is 139 Å². The number of ether oxygens (including phenoxy) is 1. The molecule has 1 saturated heterocycles. The number of nitriles is 1. The molecule has 0 aromatic heterocycles. The SMILES string of the molecule is CCOC(=O)[C@@H]1CCCN([C@@H](C)C(=O)N[C@@](C)(C#N)C(C)C)C1. The van der Waals surface area contributed by atoms with Crippen molar-refractivity contribution < 1.29 is 14.3 Å². The highest BCUT2D eigenvalue weighted by molar-refractivity contribution is 5.82. The summed E-state index contributed by atoms with van der Waals surface area (Å²) in [6.45, 7) is 10.8. The van der Waals surface area contributed by atoms with Crippen LogP contribution in [0.2, 0.25) is 0 Å². The average Bonchev–Trinajstić information content (AvgIpc) is 2.54. The summed E-state index contributed by atoms with van der Waals surface area (Å²) in [4.78, 5) is 26.4. The predicted octanol–water partition coefficient (Wildman–Crippen LogP) is 1.70. The molecule has 0 unspecified atom stereocenters. The van der Waals surface area contributed by atoms with Gasteiger partial charge in [0.2, 0.25) is 5.91 Å². The van der Waals surface area contributed by atoms with Gasteiger partial charge in [0, 0.05) is 6.54 Å². The molecule has 0 saturated carbocycles. The lowest BCUT2D eigenvalue weighted by Crippen LogP contribution is -2.56. The van der Waals surface area contributed by atoms with Crippen LogP contribution in [0.3, 0.4) is 0 Å². The van der Waals surface area contributed by atoms with E-state index in [0.29, 0.717) is 13.2 Å². The fraction of sp³-hybridized carbons (Fsp3) is 0.824. The molecule has 0 aromatic carbocycles. The van der Waals surface area contributed by atoms with Crippen LogP contribution < -0.4 is 5.32 Å². The number of carbonyl (C=O) groups excluding carboxylic acids is 2. The number of hydrogen-bond acceptors (Lipinski definition) is 5. The number of nitrogens with one attached hydrogen (secondary N) is 1. The Morgan fingerprint density at radius 3 is 2.61 bits per heavy atom. The summed E-state index contributed by atoms with van der Waals surface area (Å²) in [6.07, 6.45) is 1.66. The lowest BCUT2D eigenvalue weighted by molar-refractivity contribution is -0.151. The van der Waals surface area contributed by atoms with E-state index < -0.39 is 5.54 Å². The van der Waals surface area contributed by atoms with Crippen LogP contribution in [-0.4, -0.2) is 48.1 Å². The Balaban J connectivity index is 2.69. The molecule has 1 aliphatic heterocycles. The molecule has 6 nitrogen and oxygen atoms in total. The van der Waals surface area contributed by atoms with Crippen LogP contribution in [0, 0.1) is 23.2 Å². The molecule has 1 fully saturated rings. The van der Waals surface area contributed by atoms with Crippen LogP contribution in [0.4, 0.5) is 0 Å². The van der Waals surface area contributed by atoms with Gasteiger partial charge >= 0.3 is 5.97 Å². The lowest BCUT2D eigenvalue weighted by atomic mass is 9.89. The van der Waals surface area contributed by atoms with Gasteiger partial charge in [0.05, 0.1) is 24.6 Å². The number of likely N-dealkylation sites (tertiary alicyclic amines) is 1. The van der Waals surface area contributed by atoms with Crippen LogP contribution in [0.15, 0.2) is 0 Å². The van der Waals surface area contributed by atoms with E-state index in [1.165, 1.54) is 0 Å². The molecular weight excluding hydrogens is 294 g/mol. The molecular formula is C17H29N3O3. The molecule has 1 aliphatic rings. The van der Waals surface area contributed by atoms with Gasteiger partial charge in [-0.05, 0) is 46.1 Å². The maximum atomic E-state index is 12.5. The van der Waals surface area contributed by atoms with Gasteiger partial charge < -0.3 is 10.1 Å². The number of hydrogen-bond donors (Lipinski definition) is 1. The maximum absolute atomic E-state index is 12.5. The quantitative estimate of drug-likeness (QED) is 0.752. The second-order valence-corrected chi connectivity index (χ2v) is 6.72. The number of rotatable bonds is 6. The molecule has 3 atom stereocenters. The van der Waals surface area contributed by atoms with Crippen molar-refractivity contribution in [2.75, 3.05) is 19.7 Å². The lowest BCUT2D eigenvalue weighted by Gasteiger charge is -2.37. The van der Waals surface area contributed by atoms with Crippen LogP contribution in [0.1, 0.15) is 47.5 Å². The van der Waals surface area contributed by atoms with E-state index in [1.807, 2.05) is 25.7 Å². The molecule has 130 valence electrons. The number of piperidine rings is 1. The Bertz CT molecular complexity index is 472. The van der Waals surface area contributed by atoms with Crippen molar-refractivity contribution in [2.45, 2.75) is 59.0 Å². The zero-order valence-corrected chi connectivity index (χ0v) is 14.9. The zero-order chi connectivity index (χ0) is 17.6. The molecule has 0 bridgehead atoms. The maximum Gasteiger partial charge on any atom is 0.310 e. The topological polar surface area (TPSA) is 82.4 Å². The number of nitrogens with zero attached hydrogens (tertiary/aromatic N) is 2. The molecule has 1 heterocycles. The van der Waals surface area contributed by atoms with Gasteiger partial charge in [-0.2, -0.15) is 5.26 Å². The van der Waals surface area contributed by atoms with Crippen LogP contribution in [-0.2, 0) is 14.3 Å². The Kier molecular flexibility index (Phi) is 7.01. The van der Waals surface area contributed by atoms with Crippen molar-refractivity contribution in [2.24, 2.45) is 11.8 Å². The van der Waals surface area contributed by atoms with Gasteiger partial charge in [-0.15, -0.1) is 0 Å². The minimum absolute atomic E-state index is 0.0114. The zero-order valence-electron chi connectivity index (χ0n) is 14.9. The molecule has 23 heavy (non-hydrogen) atoms. The smallest absolute Gasteiger partial charge is 0.310 e. The van der Waals surface area contributed by atoms with Crippen molar-refractivity contribution in [1.82, 2.24) is 10.2 Å². The summed E-state index contributed by atoms with van der Waals surface area (Å²) in [5, 5.41) is 12.2. The second-order valence-electron chi connectivity index (χ2n) is 6.72. The monoisotopic (exact) mass is 323 g/mol. The Morgan fingerprint density at radius 1 is 1.43 bits per heavy atom. The summed E-state index contributed by atoms with van der Waals surface area (Å²) >= 11 is 0. The van der Waals surface area contributed by atoms with Crippen LogP contribution in [0.25, 0.3) is 0 Å². The van der Waals surface area contributed by atoms with E-state index in [1.54, 1.807) is 13.8 Å². The van der Waals surface area contributed by atoms with E-state index in [-0.39, 0.29) is 29.8 Å². The highest BCUT2D eigenvalue weighted by Crippen LogP contribution is 2.21. The van der Waals surface area contributed by atoms with Gasteiger partial charge in [0.15, 0.2) is 0 Å². The van der Waals surface area contributed by atoms with Crippen molar-refractivity contribution in [1.29, 1.82) is 5.26 Å². The summed E-state index contributed by atoms with van der Waals surface area (Å²) in [5.41, 5.74) is -0.887. The Hall–Kier alpha value is -1.61. The third-order valence-corrected chi connectivity index (χ3v) is 4.77. The second kappa shape index (κ2) is 8.30. The van der Waals surface area contributed by atoms with Crippen molar-refractivity contribution in [3.8, 4) is 6.07 Å². The molecule has 1 N–H and O–H groups in total. The van der Waals surface area contributed by atoms with Gasteiger partial charge in [0.1, 0.15) is 5.54 Å². The molecule has 0 radical (unpaired) electrons. The molecule has 1 amide bonds. The minimum atomic E-state index is -0.887. The van der Waals surface area contributed by atoms with E-state index in [0.717, 1.165) is 19.4 Å². The average molecular weight is 323 g/mol. The van der Waals surface area contributed by atoms with E-state index >= 15 is 0 Å². The largest absolute Gasteiger partial charge is 0.466 e. The van der Waals surface area contributed by atoms with Crippen molar-refractivity contribution in [3.05, 3.63) is 0 Å². The van der Waals surface area contributed by atoms with Crippen LogP contribution in [0.5, 0.6) is 0 Å². The first-order chi connectivity index (χ1) is 10.7. The summed E-state index contributed by atoms with van der Waals surface area (Å²) < 4.78 is 5.09. The van der Waals surface area contributed by atoms with Crippen molar-refractivity contribution in [3.63, 3.8) is 0 Å². The van der Waals surface area contributed by atoms with E-state index in [4.69, 9.17) is 4.74 Å². The third-order valence-electron chi connectivity index (χ3n) is 4.77. The molecule has 0 aromatic rings. The van der Waals surface area contributed by atoms with Crippen LogP contribution >= 0.6 is 0 Å². The highest BCUT2D eigenvalue weighted by atomic mass is 16.5. The fourth-order valence-corrected chi connectivity index (χ4v) is 2.64. The van der Waals surface area contributed by atoms with Gasteiger partial charge in [-0.3, -0.25) is 14.5 Å². The molecule has 0 spiro atoms. The summed E-state index contributed by atoms with van der Waals surface area (Å²) in [5.74, 6) is -0.523. The standard InChI is InChI=1S/C17H29N3O3/c1-6-23-16(22)14-8-7-9-20(10-14)13(4)15(21)19-17(5,11-18)12(2)3/h12-14H,6-10H2,1-5H3,(H,19,21)/t13-,14+,17-/m0/s1. The normalized spacial score (nSPS) is 22.7. The first-order valence-electron chi connectivity index (χ1n) is 8.39. The number of carbonyl (C=O) groups is 2. The van der Waals surface area contributed by atoms with Gasteiger partial charge in [0.25, 0.3) is 0 Å². The number of esters is 1. The molecule has 0 aliphatic carbocycles. The molecule has 1 rings (SSSR count). The summed E-state index contributed by atoms with van der Waals surface area (Å²) in [6, 6.07) is 1.81. The number of amides is 1. The third kappa shape index (κ3) is 4.93. The van der Waals surface area contributed by atoms with E-state index in [9.17, 15) is 14.9 Å². The van der Waals surface area contributed by atoms with E-state index in [2.05, 4.69) is 11.4 Å². The molecule has 6 heteroatoms.